The molecule has 13 heavy (non-hydrogen) atoms. The lowest BCUT2D eigenvalue weighted by atomic mass is 10.3. The van der Waals surface area contributed by atoms with Crippen molar-refractivity contribution < 1.29 is 4.43 Å². The van der Waals surface area contributed by atoms with Gasteiger partial charge in [-0.25, -0.2) is 0 Å². The predicted octanol–water partition coefficient (Wildman–Crippen LogP) is 2.90. The molecule has 0 bridgehead atoms. The first-order chi connectivity index (χ1) is 5.99. The zero-order valence-electron chi connectivity index (χ0n) is 8.37. The monoisotopic (exact) mass is 193 g/mol. The van der Waals surface area contributed by atoms with E-state index >= 15 is 0 Å². The number of aromatic nitrogens is 1. The average Bonchev–Trinajstić information content (AvgIpc) is 2.03. The zero-order valence-corrected chi connectivity index (χ0v) is 9.37. The maximum absolute atomic E-state index is 5.71. The third-order valence-electron chi connectivity index (χ3n) is 1.38. The smallest absolute Gasteiger partial charge is 0.242 e. The Morgan fingerprint density at radius 2 is 2.08 bits per heavy atom. The van der Waals surface area contributed by atoms with E-state index in [1.54, 1.807) is 6.20 Å². The molecule has 0 aromatic carbocycles. The number of hydrogen-bond acceptors (Lipinski definition) is 2. The molecule has 0 N–H and O–H groups in total. The van der Waals surface area contributed by atoms with Gasteiger partial charge in [0.15, 0.2) is 0 Å². The van der Waals surface area contributed by atoms with Crippen LogP contribution in [0.25, 0.3) is 5.76 Å². The second-order valence-electron chi connectivity index (χ2n) is 3.85. The predicted molar refractivity (Wildman–Crippen MR) is 57.7 cm³/mol. The molecule has 1 aromatic heterocycles. The van der Waals surface area contributed by atoms with E-state index in [0.29, 0.717) is 5.76 Å². The summed E-state index contributed by atoms with van der Waals surface area (Å²) in [5, 5.41) is 0. The summed E-state index contributed by atoms with van der Waals surface area (Å²) in [7, 11) is -1.54. The van der Waals surface area contributed by atoms with Crippen molar-refractivity contribution in [1.29, 1.82) is 0 Å². The highest BCUT2D eigenvalue weighted by molar-refractivity contribution is 6.70. The molecule has 0 radical (unpaired) electrons. The summed E-state index contributed by atoms with van der Waals surface area (Å²) in [5.41, 5.74) is 0.824. The van der Waals surface area contributed by atoms with Crippen molar-refractivity contribution in [3.8, 4) is 0 Å². The number of hydrogen-bond donors (Lipinski definition) is 0. The second kappa shape index (κ2) is 3.74. The number of rotatable bonds is 3. The summed E-state index contributed by atoms with van der Waals surface area (Å²) in [6.45, 7) is 10.2. The molecule has 3 heteroatoms. The van der Waals surface area contributed by atoms with Crippen molar-refractivity contribution in [3.05, 3.63) is 36.7 Å². The molecule has 1 aromatic rings. The van der Waals surface area contributed by atoms with Crippen LogP contribution in [0.5, 0.6) is 0 Å². The van der Waals surface area contributed by atoms with Crippen molar-refractivity contribution >= 4 is 14.1 Å². The lowest BCUT2D eigenvalue weighted by molar-refractivity contribution is 0.513. The van der Waals surface area contributed by atoms with Crippen molar-refractivity contribution in [2.45, 2.75) is 19.6 Å². The van der Waals surface area contributed by atoms with E-state index in [9.17, 15) is 0 Å². The normalized spacial score (nSPS) is 11.0. The molecule has 0 spiro atoms. The van der Waals surface area contributed by atoms with E-state index < -0.39 is 8.32 Å². The summed E-state index contributed by atoms with van der Waals surface area (Å²) in [6, 6.07) is 5.72. The van der Waals surface area contributed by atoms with Gasteiger partial charge in [0.2, 0.25) is 8.32 Å². The molecule has 0 amide bonds. The van der Waals surface area contributed by atoms with Gasteiger partial charge in [-0.3, -0.25) is 4.98 Å². The fourth-order valence-corrected chi connectivity index (χ4v) is 1.79. The van der Waals surface area contributed by atoms with E-state index in [0.717, 1.165) is 5.69 Å². The summed E-state index contributed by atoms with van der Waals surface area (Å²) in [6.07, 6.45) is 1.74. The highest BCUT2D eigenvalue weighted by Gasteiger charge is 2.17. The zero-order chi connectivity index (χ0) is 9.90. The van der Waals surface area contributed by atoms with Gasteiger partial charge in [0.25, 0.3) is 0 Å². The molecule has 1 heterocycles. The number of nitrogens with zero attached hydrogens (tertiary/aromatic N) is 1. The average molecular weight is 193 g/mol. The van der Waals surface area contributed by atoms with Gasteiger partial charge in [0, 0.05) is 6.20 Å². The molecule has 0 unspecified atom stereocenters. The van der Waals surface area contributed by atoms with Crippen LogP contribution in [0.3, 0.4) is 0 Å². The standard InChI is InChI=1S/C10H15NOSi/c1-9(12-13(2,3)4)10-7-5-6-8-11-10/h5-8H,1H2,2-4H3. The van der Waals surface area contributed by atoms with Gasteiger partial charge >= 0.3 is 0 Å². The van der Waals surface area contributed by atoms with Crippen LogP contribution < -0.4 is 0 Å². The molecule has 0 aliphatic carbocycles. The lowest BCUT2D eigenvalue weighted by Gasteiger charge is -2.20. The lowest BCUT2D eigenvalue weighted by Crippen LogP contribution is -2.24. The number of pyridine rings is 1. The van der Waals surface area contributed by atoms with Crippen molar-refractivity contribution in [3.63, 3.8) is 0 Å². The first kappa shape index (κ1) is 9.99. The van der Waals surface area contributed by atoms with Gasteiger partial charge in [-0.05, 0) is 31.8 Å². The van der Waals surface area contributed by atoms with E-state index in [4.69, 9.17) is 4.43 Å². The maximum atomic E-state index is 5.71. The van der Waals surface area contributed by atoms with Gasteiger partial charge in [-0.15, -0.1) is 0 Å². The second-order valence-corrected chi connectivity index (χ2v) is 8.28. The fraction of sp³-hybridized carbons (Fsp3) is 0.300. The van der Waals surface area contributed by atoms with Gasteiger partial charge in [-0.1, -0.05) is 12.6 Å². The first-order valence-corrected chi connectivity index (χ1v) is 7.69. The molecule has 2 nitrogen and oxygen atoms in total. The Balaban J connectivity index is 2.71. The van der Waals surface area contributed by atoms with Crippen LogP contribution >= 0.6 is 0 Å². The maximum Gasteiger partial charge on any atom is 0.242 e. The van der Waals surface area contributed by atoms with Crippen LogP contribution in [-0.2, 0) is 4.43 Å². The van der Waals surface area contributed by atoms with Gasteiger partial charge in [0.05, 0.1) is 0 Å². The molecule has 1 rings (SSSR count). The fourth-order valence-electron chi connectivity index (χ4n) is 0.950. The quantitative estimate of drug-likeness (QED) is 0.544. The summed E-state index contributed by atoms with van der Waals surface area (Å²) < 4.78 is 5.71. The van der Waals surface area contributed by atoms with E-state index in [1.807, 2.05) is 18.2 Å². The topological polar surface area (TPSA) is 22.1 Å². The SMILES string of the molecule is C=C(O[Si](C)(C)C)c1ccccn1. The van der Waals surface area contributed by atoms with Crippen molar-refractivity contribution in [2.24, 2.45) is 0 Å². The largest absolute Gasteiger partial charge is 0.543 e. The highest BCUT2D eigenvalue weighted by Crippen LogP contribution is 2.16. The van der Waals surface area contributed by atoms with E-state index in [-0.39, 0.29) is 0 Å². The minimum atomic E-state index is -1.54. The van der Waals surface area contributed by atoms with E-state index in [1.165, 1.54) is 0 Å². The molecule has 0 aliphatic heterocycles. The van der Waals surface area contributed by atoms with Crippen LogP contribution in [0.2, 0.25) is 19.6 Å². The van der Waals surface area contributed by atoms with Crippen LogP contribution in [0.4, 0.5) is 0 Å². The molecule has 0 fully saturated rings. The van der Waals surface area contributed by atoms with Crippen molar-refractivity contribution in [1.82, 2.24) is 4.98 Å². The third kappa shape index (κ3) is 3.42. The van der Waals surface area contributed by atoms with Crippen LogP contribution in [0, 0.1) is 0 Å². The summed E-state index contributed by atoms with van der Waals surface area (Å²) >= 11 is 0. The highest BCUT2D eigenvalue weighted by atomic mass is 28.4. The molecule has 0 saturated heterocycles. The van der Waals surface area contributed by atoms with Crippen LogP contribution in [0.1, 0.15) is 5.69 Å². The molecule has 70 valence electrons. The van der Waals surface area contributed by atoms with Gasteiger partial charge in [-0.2, -0.15) is 0 Å². The Hall–Kier alpha value is -1.09. The van der Waals surface area contributed by atoms with Gasteiger partial charge < -0.3 is 4.43 Å². The van der Waals surface area contributed by atoms with Crippen LogP contribution in [-0.4, -0.2) is 13.3 Å². The van der Waals surface area contributed by atoms with E-state index in [2.05, 4.69) is 31.2 Å². The molecule has 0 aliphatic rings. The Labute approximate surface area is 80.4 Å². The minimum absolute atomic E-state index is 0.680. The Kier molecular flexibility index (Phi) is 2.88. The molecule has 0 saturated carbocycles. The van der Waals surface area contributed by atoms with Crippen LogP contribution in [0.15, 0.2) is 31.0 Å². The third-order valence-corrected chi connectivity index (χ3v) is 2.24. The summed E-state index contributed by atoms with van der Waals surface area (Å²) in [4.78, 5) is 4.16. The molecular weight excluding hydrogens is 178 g/mol. The minimum Gasteiger partial charge on any atom is -0.543 e. The Morgan fingerprint density at radius 1 is 1.38 bits per heavy atom. The van der Waals surface area contributed by atoms with Gasteiger partial charge in [0.1, 0.15) is 11.5 Å². The Morgan fingerprint density at radius 3 is 2.54 bits per heavy atom. The molecule has 0 atom stereocenters. The van der Waals surface area contributed by atoms with Crippen molar-refractivity contribution in [2.75, 3.05) is 0 Å². The first-order valence-electron chi connectivity index (χ1n) is 4.28. The summed E-state index contributed by atoms with van der Waals surface area (Å²) in [5.74, 6) is 0.680. The Bertz CT molecular complexity index is 290. The molecular formula is C10H15NOSi.